The number of rotatable bonds is 4. The Balaban J connectivity index is 2.10. The molecule has 0 aromatic heterocycles. The van der Waals surface area contributed by atoms with Crippen molar-refractivity contribution < 1.29 is 14.5 Å². The molecule has 1 aliphatic rings. The van der Waals surface area contributed by atoms with E-state index in [1.165, 1.54) is 6.07 Å². The molecule has 1 heterocycles. The number of ether oxygens (including phenoxy) is 1. The third-order valence-corrected chi connectivity index (χ3v) is 3.52. The summed E-state index contributed by atoms with van der Waals surface area (Å²) in [5, 5.41) is 13.8. The van der Waals surface area contributed by atoms with Crippen molar-refractivity contribution in [2.45, 2.75) is 26.2 Å². The molecule has 1 aromatic carbocycles. The van der Waals surface area contributed by atoms with Crippen LogP contribution in [0, 0.1) is 16.0 Å². The zero-order valence-electron chi connectivity index (χ0n) is 11.4. The van der Waals surface area contributed by atoms with E-state index in [0.717, 1.165) is 0 Å². The monoisotopic (exact) mass is 278 g/mol. The SMILES string of the molecule is CCc1ccc(NC(=O)C2CCOCC2)cc1[N+](=O)[O-]. The number of hydrogen-bond donors (Lipinski definition) is 1. The normalized spacial score (nSPS) is 15.8. The van der Waals surface area contributed by atoms with Gasteiger partial charge in [-0.05, 0) is 25.3 Å². The predicted molar refractivity (Wildman–Crippen MR) is 74.6 cm³/mol. The van der Waals surface area contributed by atoms with Gasteiger partial charge >= 0.3 is 0 Å². The first kappa shape index (κ1) is 14.5. The average Bonchev–Trinajstić information content (AvgIpc) is 2.48. The Bertz CT molecular complexity index is 510. The number of nitrogens with one attached hydrogen (secondary N) is 1. The molecule has 1 aromatic rings. The Hall–Kier alpha value is -1.95. The summed E-state index contributed by atoms with van der Waals surface area (Å²) in [5.41, 5.74) is 1.20. The lowest BCUT2D eigenvalue weighted by atomic mass is 9.99. The quantitative estimate of drug-likeness (QED) is 0.677. The molecule has 0 atom stereocenters. The number of nitrogens with zero attached hydrogens (tertiary/aromatic N) is 1. The van der Waals surface area contributed by atoms with Gasteiger partial charge in [0.25, 0.3) is 5.69 Å². The fourth-order valence-electron chi connectivity index (χ4n) is 2.31. The minimum absolute atomic E-state index is 0.0530. The Morgan fingerprint density at radius 1 is 1.45 bits per heavy atom. The second-order valence-corrected chi connectivity index (χ2v) is 4.83. The van der Waals surface area contributed by atoms with Crippen LogP contribution in [-0.4, -0.2) is 24.0 Å². The van der Waals surface area contributed by atoms with E-state index in [1.54, 1.807) is 12.1 Å². The second-order valence-electron chi connectivity index (χ2n) is 4.83. The highest BCUT2D eigenvalue weighted by atomic mass is 16.6. The lowest BCUT2D eigenvalue weighted by Gasteiger charge is -2.21. The van der Waals surface area contributed by atoms with Gasteiger partial charge < -0.3 is 10.1 Å². The van der Waals surface area contributed by atoms with E-state index in [4.69, 9.17) is 4.74 Å². The molecule has 0 unspecified atom stereocenters. The maximum Gasteiger partial charge on any atom is 0.274 e. The van der Waals surface area contributed by atoms with Crippen molar-refractivity contribution in [2.24, 2.45) is 5.92 Å². The van der Waals surface area contributed by atoms with Crippen molar-refractivity contribution in [3.63, 3.8) is 0 Å². The molecule has 1 amide bonds. The van der Waals surface area contributed by atoms with E-state index in [9.17, 15) is 14.9 Å². The average molecular weight is 278 g/mol. The summed E-state index contributed by atoms with van der Waals surface area (Å²) < 4.78 is 5.21. The first-order valence-electron chi connectivity index (χ1n) is 6.77. The number of aryl methyl sites for hydroxylation is 1. The number of nitro groups is 1. The number of carbonyl (C=O) groups excluding carboxylic acids is 1. The fourth-order valence-corrected chi connectivity index (χ4v) is 2.31. The molecule has 0 saturated carbocycles. The van der Waals surface area contributed by atoms with Gasteiger partial charge in [0.1, 0.15) is 0 Å². The van der Waals surface area contributed by atoms with Crippen LogP contribution in [0.25, 0.3) is 0 Å². The second kappa shape index (κ2) is 6.47. The highest BCUT2D eigenvalue weighted by Crippen LogP contribution is 2.25. The molecular weight excluding hydrogens is 260 g/mol. The largest absolute Gasteiger partial charge is 0.381 e. The number of benzene rings is 1. The van der Waals surface area contributed by atoms with Gasteiger partial charge in [0.05, 0.1) is 4.92 Å². The molecule has 1 aliphatic heterocycles. The zero-order valence-corrected chi connectivity index (χ0v) is 11.4. The third-order valence-electron chi connectivity index (χ3n) is 3.52. The number of nitro benzene ring substituents is 1. The summed E-state index contributed by atoms with van der Waals surface area (Å²) in [6.07, 6.45) is 1.98. The summed E-state index contributed by atoms with van der Waals surface area (Å²) in [6, 6.07) is 4.83. The Morgan fingerprint density at radius 2 is 2.15 bits per heavy atom. The van der Waals surface area contributed by atoms with E-state index in [0.29, 0.717) is 43.7 Å². The van der Waals surface area contributed by atoms with Crippen LogP contribution in [-0.2, 0) is 16.0 Å². The van der Waals surface area contributed by atoms with Crippen molar-refractivity contribution in [2.75, 3.05) is 18.5 Å². The molecule has 1 saturated heterocycles. The van der Waals surface area contributed by atoms with Gasteiger partial charge in [0.15, 0.2) is 0 Å². The van der Waals surface area contributed by atoms with Gasteiger partial charge in [-0.3, -0.25) is 14.9 Å². The summed E-state index contributed by atoms with van der Waals surface area (Å²) in [4.78, 5) is 22.6. The molecule has 0 aliphatic carbocycles. The predicted octanol–water partition coefficient (Wildman–Crippen LogP) is 2.52. The standard InChI is InChI=1S/C14H18N2O4/c1-2-10-3-4-12(9-13(10)16(18)19)15-14(17)11-5-7-20-8-6-11/h3-4,9,11H,2,5-8H2,1H3,(H,15,17). The Kier molecular flexibility index (Phi) is 4.68. The van der Waals surface area contributed by atoms with Crippen molar-refractivity contribution >= 4 is 17.3 Å². The maximum atomic E-state index is 12.1. The summed E-state index contributed by atoms with van der Waals surface area (Å²) in [6.45, 7) is 3.04. The molecule has 108 valence electrons. The molecule has 1 N–H and O–H groups in total. The molecular formula is C14H18N2O4. The molecule has 20 heavy (non-hydrogen) atoms. The first-order valence-corrected chi connectivity index (χ1v) is 6.77. The highest BCUT2D eigenvalue weighted by molar-refractivity contribution is 5.93. The Morgan fingerprint density at radius 3 is 2.75 bits per heavy atom. The van der Waals surface area contributed by atoms with Crippen LogP contribution >= 0.6 is 0 Å². The Labute approximate surface area is 117 Å². The van der Waals surface area contributed by atoms with E-state index in [-0.39, 0.29) is 17.5 Å². The van der Waals surface area contributed by atoms with Crippen LogP contribution in [0.5, 0.6) is 0 Å². The molecule has 6 nitrogen and oxygen atoms in total. The molecule has 6 heteroatoms. The fraction of sp³-hybridized carbons (Fsp3) is 0.500. The van der Waals surface area contributed by atoms with Crippen LogP contribution in [0.15, 0.2) is 18.2 Å². The van der Waals surface area contributed by atoms with Crippen LogP contribution < -0.4 is 5.32 Å². The van der Waals surface area contributed by atoms with Crippen LogP contribution in [0.1, 0.15) is 25.3 Å². The van der Waals surface area contributed by atoms with E-state index < -0.39 is 4.92 Å². The topological polar surface area (TPSA) is 81.5 Å². The minimum atomic E-state index is -0.414. The van der Waals surface area contributed by atoms with E-state index in [1.807, 2.05) is 6.92 Å². The molecule has 0 radical (unpaired) electrons. The molecule has 1 fully saturated rings. The van der Waals surface area contributed by atoms with Gasteiger partial charge in [-0.1, -0.05) is 13.0 Å². The smallest absolute Gasteiger partial charge is 0.274 e. The summed E-state index contributed by atoms with van der Waals surface area (Å²) in [5.74, 6) is -0.166. The number of hydrogen-bond acceptors (Lipinski definition) is 4. The highest BCUT2D eigenvalue weighted by Gasteiger charge is 2.22. The maximum absolute atomic E-state index is 12.1. The summed E-state index contributed by atoms with van der Waals surface area (Å²) >= 11 is 0. The first-order chi connectivity index (χ1) is 9.61. The number of amides is 1. The molecule has 0 spiro atoms. The van der Waals surface area contributed by atoms with Gasteiger partial charge in [-0.15, -0.1) is 0 Å². The van der Waals surface area contributed by atoms with Crippen LogP contribution in [0.4, 0.5) is 11.4 Å². The van der Waals surface area contributed by atoms with Crippen molar-refractivity contribution in [3.05, 3.63) is 33.9 Å². The number of carbonyl (C=O) groups is 1. The van der Waals surface area contributed by atoms with Gasteiger partial charge in [0.2, 0.25) is 5.91 Å². The van der Waals surface area contributed by atoms with E-state index >= 15 is 0 Å². The van der Waals surface area contributed by atoms with Crippen molar-refractivity contribution in [1.82, 2.24) is 0 Å². The zero-order chi connectivity index (χ0) is 14.5. The van der Waals surface area contributed by atoms with Crippen LogP contribution in [0.2, 0.25) is 0 Å². The van der Waals surface area contributed by atoms with Crippen molar-refractivity contribution in [3.8, 4) is 0 Å². The summed E-state index contributed by atoms with van der Waals surface area (Å²) in [7, 11) is 0. The number of anilines is 1. The molecule has 0 bridgehead atoms. The van der Waals surface area contributed by atoms with Gasteiger partial charge in [-0.2, -0.15) is 0 Å². The lowest BCUT2D eigenvalue weighted by molar-refractivity contribution is -0.385. The van der Waals surface area contributed by atoms with Gasteiger partial charge in [-0.25, -0.2) is 0 Å². The third kappa shape index (κ3) is 3.33. The minimum Gasteiger partial charge on any atom is -0.381 e. The molecule has 2 rings (SSSR count). The van der Waals surface area contributed by atoms with Crippen LogP contribution in [0.3, 0.4) is 0 Å². The van der Waals surface area contributed by atoms with Crippen molar-refractivity contribution in [1.29, 1.82) is 0 Å². The van der Waals surface area contributed by atoms with Gasteiger partial charge in [0, 0.05) is 36.4 Å². The van der Waals surface area contributed by atoms with E-state index in [2.05, 4.69) is 5.32 Å². The lowest BCUT2D eigenvalue weighted by Crippen LogP contribution is -2.28.